The van der Waals surface area contributed by atoms with E-state index in [0.717, 1.165) is 18.2 Å². The van der Waals surface area contributed by atoms with Crippen molar-refractivity contribution in [2.24, 2.45) is 0 Å². The minimum atomic E-state index is -1.00. The third kappa shape index (κ3) is 1.82. The van der Waals surface area contributed by atoms with Crippen LogP contribution in [0.15, 0.2) is 24.3 Å². The second-order valence-corrected chi connectivity index (χ2v) is 3.42. The van der Waals surface area contributed by atoms with Gasteiger partial charge in [-0.1, -0.05) is 0 Å². The fraction of sp³-hybridized carbons (Fsp3) is 0.0909. The van der Waals surface area contributed by atoms with Crippen molar-refractivity contribution in [1.29, 1.82) is 0 Å². The number of halogens is 3. The smallest absolute Gasteiger partial charge is 0.204 e. The summed E-state index contributed by atoms with van der Waals surface area (Å²) in [6.45, 7) is -1.00. The van der Waals surface area contributed by atoms with Gasteiger partial charge in [0.1, 0.15) is 18.3 Å². The molecule has 0 radical (unpaired) electrons. The quantitative estimate of drug-likeness (QED) is 0.851. The second kappa shape index (κ2) is 4.04. The largest absolute Gasteiger partial charge is 0.494 e. The molecule has 1 heterocycles. The normalized spacial score (nSPS) is 10.8. The van der Waals surface area contributed by atoms with Crippen LogP contribution in [-0.4, -0.2) is 14.8 Å². The molecule has 0 saturated heterocycles. The molecule has 1 aromatic heterocycles. The highest BCUT2D eigenvalue weighted by molar-refractivity contribution is 5.47. The van der Waals surface area contributed by atoms with E-state index < -0.39 is 30.1 Å². The van der Waals surface area contributed by atoms with Gasteiger partial charge in [-0.25, -0.2) is 17.7 Å². The van der Waals surface area contributed by atoms with E-state index in [0.29, 0.717) is 10.6 Å². The lowest BCUT2D eigenvalue weighted by atomic mass is 10.3. The maximum atomic E-state index is 13.4. The van der Waals surface area contributed by atoms with Gasteiger partial charge < -0.3 is 10.2 Å². The van der Waals surface area contributed by atoms with E-state index in [1.807, 2.05) is 0 Å². The van der Waals surface area contributed by atoms with E-state index in [9.17, 15) is 23.4 Å². The number of aromatic nitrogens is 1. The molecular formula is C11H8F3NO2. The van der Waals surface area contributed by atoms with Crippen LogP contribution in [0.5, 0.6) is 11.8 Å². The van der Waals surface area contributed by atoms with E-state index in [1.165, 1.54) is 0 Å². The number of hydrogen-bond donors (Lipinski definition) is 2. The Bertz CT molecular complexity index is 566. The van der Waals surface area contributed by atoms with Gasteiger partial charge in [-0.05, 0) is 12.1 Å². The third-order valence-electron chi connectivity index (χ3n) is 2.33. The molecule has 17 heavy (non-hydrogen) atoms. The first-order chi connectivity index (χ1) is 8.04. The standard InChI is InChI=1S/C11H8F3NO2/c12-5-6-3-10(16)15(11(6)17)9-2-1-7(13)4-8(9)14/h1-4,16-17H,5H2. The van der Waals surface area contributed by atoms with Gasteiger partial charge in [0.15, 0.2) is 5.88 Å². The molecule has 3 nitrogen and oxygen atoms in total. The average Bonchev–Trinajstić information content (AvgIpc) is 2.55. The van der Waals surface area contributed by atoms with Crippen LogP contribution >= 0.6 is 0 Å². The maximum Gasteiger partial charge on any atom is 0.204 e. The van der Waals surface area contributed by atoms with E-state index in [1.54, 1.807) is 0 Å². The Morgan fingerprint density at radius 2 is 1.82 bits per heavy atom. The topological polar surface area (TPSA) is 45.4 Å². The Morgan fingerprint density at radius 3 is 2.35 bits per heavy atom. The van der Waals surface area contributed by atoms with Gasteiger partial charge in [0, 0.05) is 17.7 Å². The summed E-state index contributed by atoms with van der Waals surface area (Å²) in [4.78, 5) is 0. The van der Waals surface area contributed by atoms with E-state index in [-0.39, 0.29) is 11.3 Å². The van der Waals surface area contributed by atoms with Gasteiger partial charge in [0.05, 0.1) is 5.69 Å². The first-order valence-electron chi connectivity index (χ1n) is 4.68. The highest BCUT2D eigenvalue weighted by Gasteiger charge is 2.17. The fourth-order valence-electron chi connectivity index (χ4n) is 1.54. The predicted octanol–water partition coefficient (Wildman–Crippen LogP) is 2.64. The van der Waals surface area contributed by atoms with Crippen molar-refractivity contribution in [2.75, 3.05) is 0 Å². The Kier molecular flexibility index (Phi) is 2.71. The van der Waals surface area contributed by atoms with Crippen molar-refractivity contribution >= 4 is 0 Å². The summed E-state index contributed by atoms with van der Waals surface area (Å²) in [5, 5.41) is 19.0. The zero-order chi connectivity index (χ0) is 12.6. The number of nitrogens with zero attached hydrogens (tertiary/aromatic N) is 1. The van der Waals surface area contributed by atoms with Crippen LogP contribution in [-0.2, 0) is 6.67 Å². The molecule has 2 N–H and O–H groups in total. The van der Waals surface area contributed by atoms with Crippen molar-refractivity contribution < 1.29 is 23.4 Å². The summed E-state index contributed by atoms with van der Waals surface area (Å²) in [7, 11) is 0. The molecule has 0 bridgehead atoms. The zero-order valence-electron chi connectivity index (χ0n) is 8.49. The summed E-state index contributed by atoms with van der Waals surface area (Å²) in [6.07, 6.45) is 0. The molecule has 6 heteroatoms. The first-order valence-corrected chi connectivity index (χ1v) is 4.68. The van der Waals surface area contributed by atoms with E-state index >= 15 is 0 Å². The van der Waals surface area contributed by atoms with Crippen LogP contribution in [0.3, 0.4) is 0 Å². The van der Waals surface area contributed by atoms with Crippen molar-refractivity contribution in [3.63, 3.8) is 0 Å². The lowest BCUT2D eigenvalue weighted by Crippen LogP contribution is -1.97. The zero-order valence-corrected chi connectivity index (χ0v) is 8.49. The summed E-state index contributed by atoms with van der Waals surface area (Å²) in [6, 6.07) is 3.57. The van der Waals surface area contributed by atoms with Crippen molar-refractivity contribution in [3.05, 3.63) is 41.5 Å². The van der Waals surface area contributed by atoms with Gasteiger partial charge in [-0.3, -0.25) is 0 Å². The van der Waals surface area contributed by atoms with Crippen LogP contribution < -0.4 is 0 Å². The molecule has 1 aromatic carbocycles. The Hall–Kier alpha value is -2.11. The number of hydrogen-bond acceptors (Lipinski definition) is 2. The van der Waals surface area contributed by atoms with Crippen LogP contribution in [0.4, 0.5) is 13.2 Å². The molecule has 0 amide bonds. The second-order valence-electron chi connectivity index (χ2n) is 3.42. The SMILES string of the molecule is Oc1cc(CF)c(O)n1-c1ccc(F)cc1F. The highest BCUT2D eigenvalue weighted by atomic mass is 19.1. The summed E-state index contributed by atoms with van der Waals surface area (Å²) < 4.78 is 39.3. The highest BCUT2D eigenvalue weighted by Crippen LogP contribution is 2.33. The lowest BCUT2D eigenvalue weighted by molar-refractivity contribution is 0.390. The van der Waals surface area contributed by atoms with Crippen molar-refractivity contribution in [3.8, 4) is 17.4 Å². The predicted molar refractivity (Wildman–Crippen MR) is 53.8 cm³/mol. The molecule has 0 saturated carbocycles. The molecule has 90 valence electrons. The van der Waals surface area contributed by atoms with Crippen molar-refractivity contribution in [1.82, 2.24) is 4.57 Å². The molecule has 0 aliphatic rings. The van der Waals surface area contributed by atoms with Gasteiger partial charge >= 0.3 is 0 Å². The minimum absolute atomic E-state index is 0.175. The summed E-state index contributed by atoms with van der Waals surface area (Å²) >= 11 is 0. The number of rotatable bonds is 2. The average molecular weight is 243 g/mol. The van der Waals surface area contributed by atoms with Gasteiger partial charge in [-0.2, -0.15) is 0 Å². The number of aromatic hydroxyl groups is 2. The van der Waals surface area contributed by atoms with Crippen LogP contribution in [0, 0.1) is 11.6 Å². The summed E-state index contributed by atoms with van der Waals surface area (Å²) in [5.74, 6) is -2.91. The monoisotopic (exact) mass is 243 g/mol. The summed E-state index contributed by atoms with van der Waals surface area (Å²) in [5.41, 5.74) is -0.438. The van der Waals surface area contributed by atoms with E-state index in [2.05, 4.69) is 0 Å². The Morgan fingerprint density at radius 1 is 1.12 bits per heavy atom. The van der Waals surface area contributed by atoms with Crippen LogP contribution in [0.25, 0.3) is 5.69 Å². The Balaban J connectivity index is 2.64. The van der Waals surface area contributed by atoms with Crippen molar-refractivity contribution in [2.45, 2.75) is 6.67 Å². The molecular weight excluding hydrogens is 235 g/mol. The lowest BCUT2D eigenvalue weighted by Gasteiger charge is -2.08. The molecule has 0 aliphatic heterocycles. The van der Waals surface area contributed by atoms with Gasteiger partial charge in [0.25, 0.3) is 0 Å². The number of benzene rings is 1. The molecule has 2 aromatic rings. The Labute approximate surface area is 94.4 Å². The molecule has 0 aliphatic carbocycles. The first kappa shape index (κ1) is 11.4. The van der Waals surface area contributed by atoms with E-state index in [4.69, 9.17) is 0 Å². The molecule has 0 fully saturated rings. The van der Waals surface area contributed by atoms with Gasteiger partial charge in [0.2, 0.25) is 5.88 Å². The molecule has 2 rings (SSSR count). The van der Waals surface area contributed by atoms with Gasteiger partial charge in [-0.15, -0.1) is 0 Å². The molecule has 0 spiro atoms. The molecule has 0 unspecified atom stereocenters. The fourth-order valence-corrected chi connectivity index (χ4v) is 1.54. The third-order valence-corrected chi connectivity index (χ3v) is 2.33. The maximum absolute atomic E-state index is 13.4. The minimum Gasteiger partial charge on any atom is -0.494 e. The van der Waals surface area contributed by atoms with Crippen LogP contribution in [0.1, 0.15) is 5.56 Å². The number of alkyl halides is 1. The van der Waals surface area contributed by atoms with Crippen LogP contribution in [0.2, 0.25) is 0 Å². The molecule has 0 atom stereocenters.